The second kappa shape index (κ2) is 8.09. The van der Waals surface area contributed by atoms with Gasteiger partial charge in [-0.15, -0.1) is 0 Å². The van der Waals surface area contributed by atoms with Gasteiger partial charge in [-0.3, -0.25) is 4.79 Å². The molecule has 1 aliphatic heterocycles. The van der Waals surface area contributed by atoms with E-state index in [9.17, 15) is 4.79 Å². The van der Waals surface area contributed by atoms with Crippen molar-refractivity contribution in [1.29, 1.82) is 0 Å². The number of carbonyl (C=O) groups is 1. The van der Waals surface area contributed by atoms with Crippen LogP contribution in [0, 0.1) is 11.8 Å². The lowest BCUT2D eigenvalue weighted by Gasteiger charge is -2.21. The molecule has 0 saturated carbocycles. The molecule has 1 atom stereocenters. The van der Waals surface area contributed by atoms with Crippen molar-refractivity contribution in [1.82, 2.24) is 4.90 Å². The van der Waals surface area contributed by atoms with E-state index in [-0.39, 0.29) is 5.78 Å². The van der Waals surface area contributed by atoms with E-state index in [0.29, 0.717) is 6.42 Å². The maximum atomic E-state index is 12.3. The van der Waals surface area contributed by atoms with Gasteiger partial charge in [0.15, 0.2) is 5.78 Å². The number of halogens is 1. The van der Waals surface area contributed by atoms with E-state index in [2.05, 4.69) is 34.7 Å². The number of nitrogens with zero attached hydrogens (tertiary/aromatic N) is 1. The first-order valence-electron chi connectivity index (χ1n) is 8.08. The average molecular weight is 352 g/mol. The number of hydrogen-bond donors (Lipinski definition) is 0. The van der Waals surface area contributed by atoms with Crippen molar-refractivity contribution in [2.24, 2.45) is 11.8 Å². The number of Topliss-reactive ketones (excluding diaryl/α,β-unsaturated/α-hetero) is 1. The van der Waals surface area contributed by atoms with Gasteiger partial charge >= 0.3 is 0 Å². The molecule has 1 heterocycles. The molecule has 116 valence electrons. The van der Waals surface area contributed by atoms with E-state index in [1.165, 1.54) is 19.3 Å². The molecule has 0 spiro atoms. The molecule has 0 aliphatic carbocycles. The largest absolute Gasteiger partial charge is 0.303 e. The highest BCUT2D eigenvalue weighted by Gasteiger charge is 2.20. The maximum absolute atomic E-state index is 12.3. The molecule has 1 unspecified atom stereocenters. The van der Waals surface area contributed by atoms with Crippen molar-refractivity contribution in [2.45, 2.75) is 39.5 Å². The van der Waals surface area contributed by atoms with Gasteiger partial charge in [0, 0.05) is 23.0 Å². The Hall–Kier alpha value is -0.670. The summed E-state index contributed by atoms with van der Waals surface area (Å²) in [6.07, 6.45) is 4.51. The molecule has 1 fully saturated rings. The van der Waals surface area contributed by atoms with E-state index in [1.807, 2.05) is 24.3 Å². The number of benzene rings is 1. The molecule has 1 aliphatic rings. The van der Waals surface area contributed by atoms with Crippen LogP contribution < -0.4 is 0 Å². The number of likely N-dealkylation sites (tertiary alicyclic amines) is 1. The molecule has 0 aromatic heterocycles. The molecule has 2 rings (SSSR count). The van der Waals surface area contributed by atoms with E-state index in [4.69, 9.17) is 0 Å². The van der Waals surface area contributed by atoms with Gasteiger partial charge in [-0.05, 0) is 50.3 Å². The minimum Gasteiger partial charge on any atom is -0.303 e. The lowest BCUT2D eigenvalue weighted by atomic mass is 9.89. The zero-order valence-corrected chi connectivity index (χ0v) is 14.7. The summed E-state index contributed by atoms with van der Waals surface area (Å²) in [4.78, 5) is 14.8. The summed E-state index contributed by atoms with van der Waals surface area (Å²) in [5, 5.41) is 0. The van der Waals surface area contributed by atoms with Crippen LogP contribution in [0.4, 0.5) is 0 Å². The average Bonchev–Trinajstić information content (AvgIpc) is 2.71. The summed E-state index contributed by atoms with van der Waals surface area (Å²) in [7, 11) is 0. The lowest BCUT2D eigenvalue weighted by Crippen LogP contribution is -2.27. The SMILES string of the molecule is CC(C)C1CCCN(CCC(=O)c2ccccc2Br)CC1. The second-order valence-electron chi connectivity index (χ2n) is 6.43. The molecule has 1 aromatic carbocycles. The van der Waals surface area contributed by atoms with Crippen molar-refractivity contribution in [3.63, 3.8) is 0 Å². The number of rotatable bonds is 5. The lowest BCUT2D eigenvalue weighted by molar-refractivity contribution is 0.0963. The first kappa shape index (κ1) is 16.7. The fourth-order valence-electron chi connectivity index (χ4n) is 3.15. The zero-order chi connectivity index (χ0) is 15.2. The Morgan fingerprint density at radius 1 is 1.29 bits per heavy atom. The summed E-state index contributed by atoms with van der Waals surface area (Å²) in [6, 6.07) is 7.72. The monoisotopic (exact) mass is 351 g/mol. The van der Waals surface area contributed by atoms with Gasteiger partial charge < -0.3 is 4.90 Å². The van der Waals surface area contributed by atoms with Crippen LogP contribution in [0.2, 0.25) is 0 Å². The quantitative estimate of drug-likeness (QED) is 0.711. The van der Waals surface area contributed by atoms with Gasteiger partial charge in [0.05, 0.1) is 0 Å². The molecular formula is C18H26BrNO. The van der Waals surface area contributed by atoms with Crippen LogP contribution in [-0.2, 0) is 0 Å². The Kier molecular flexibility index (Phi) is 6.43. The third-order valence-electron chi connectivity index (χ3n) is 4.64. The Bertz CT molecular complexity index is 472. The molecule has 21 heavy (non-hydrogen) atoms. The van der Waals surface area contributed by atoms with Crippen molar-refractivity contribution in [3.05, 3.63) is 34.3 Å². The van der Waals surface area contributed by atoms with Crippen molar-refractivity contribution >= 4 is 21.7 Å². The minimum atomic E-state index is 0.243. The third kappa shape index (κ3) is 4.93. The minimum absolute atomic E-state index is 0.243. The van der Waals surface area contributed by atoms with E-state index >= 15 is 0 Å². The van der Waals surface area contributed by atoms with Crippen LogP contribution in [0.1, 0.15) is 49.9 Å². The van der Waals surface area contributed by atoms with E-state index in [0.717, 1.165) is 41.5 Å². The van der Waals surface area contributed by atoms with Gasteiger partial charge in [0.2, 0.25) is 0 Å². The van der Waals surface area contributed by atoms with Crippen LogP contribution in [0.3, 0.4) is 0 Å². The Labute approximate surface area is 137 Å². The fraction of sp³-hybridized carbons (Fsp3) is 0.611. The van der Waals surface area contributed by atoms with Crippen LogP contribution in [-0.4, -0.2) is 30.3 Å². The van der Waals surface area contributed by atoms with Crippen LogP contribution >= 0.6 is 15.9 Å². The molecule has 0 bridgehead atoms. The predicted molar refractivity (Wildman–Crippen MR) is 91.7 cm³/mol. The van der Waals surface area contributed by atoms with Gasteiger partial charge in [-0.2, -0.15) is 0 Å². The zero-order valence-electron chi connectivity index (χ0n) is 13.1. The van der Waals surface area contributed by atoms with E-state index < -0.39 is 0 Å². The fourth-order valence-corrected chi connectivity index (χ4v) is 3.66. The summed E-state index contributed by atoms with van der Waals surface area (Å²) in [5.74, 6) is 1.88. The smallest absolute Gasteiger partial charge is 0.165 e. The first-order valence-corrected chi connectivity index (χ1v) is 8.87. The molecule has 0 radical (unpaired) electrons. The predicted octanol–water partition coefficient (Wildman–Crippen LogP) is 4.78. The Balaban J connectivity index is 1.83. The summed E-state index contributed by atoms with van der Waals surface area (Å²) < 4.78 is 0.908. The molecule has 1 aromatic rings. The molecule has 0 N–H and O–H groups in total. The second-order valence-corrected chi connectivity index (χ2v) is 7.28. The van der Waals surface area contributed by atoms with Gasteiger partial charge in [-0.25, -0.2) is 0 Å². The normalized spacial score (nSPS) is 20.5. The molecule has 1 saturated heterocycles. The van der Waals surface area contributed by atoms with Crippen molar-refractivity contribution in [3.8, 4) is 0 Å². The first-order chi connectivity index (χ1) is 10.1. The Morgan fingerprint density at radius 2 is 2.05 bits per heavy atom. The van der Waals surface area contributed by atoms with Gasteiger partial charge in [0.1, 0.15) is 0 Å². The maximum Gasteiger partial charge on any atom is 0.165 e. The third-order valence-corrected chi connectivity index (χ3v) is 5.33. The van der Waals surface area contributed by atoms with Gasteiger partial charge in [0.25, 0.3) is 0 Å². The Morgan fingerprint density at radius 3 is 2.76 bits per heavy atom. The number of carbonyl (C=O) groups excluding carboxylic acids is 1. The highest BCUT2D eigenvalue weighted by Crippen LogP contribution is 2.25. The van der Waals surface area contributed by atoms with Crippen LogP contribution in [0.25, 0.3) is 0 Å². The summed E-state index contributed by atoms with van der Waals surface area (Å²) in [6.45, 7) is 7.84. The number of hydrogen-bond acceptors (Lipinski definition) is 2. The standard InChI is InChI=1S/C18H26BrNO/c1-14(2)15-6-5-11-20(12-9-15)13-10-18(21)16-7-3-4-8-17(16)19/h3-4,7-8,14-15H,5-6,9-13H2,1-2H3. The highest BCUT2D eigenvalue weighted by atomic mass is 79.9. The van der Waals surface area contributed by atoms with Crippen LogP contribution in [0.5, 0.6) is 0 Å². The number of ketones is 1. The molecule has 2 nitrogen and oxygen atoms in total. The highest BCUT2D eigenvalue weighted by molar-refractivity contribution is 9.10. The summed E-state index contributed by atoms with van der Waals surface area (Å²) >= 11 is 3.46. The molecular weight excluding hydrogens is 326 g/mol. The van der Waals surface area contributed by atoms with Crippen LogP contribution in [0.15, 0.2) is 28.7 Å². The molecule has 0 amide bonds. The van der Waals surface area contributed by atoms with Crippen molar-refractivity contribution in [2.75, 3.05) is 19.6 Å². The van der Waals surface area contributed by atoms with Gasteiger partial charge in [-0.1, -0.05) is 48.0 Å². The topological polar surface area (TPSA) is 20.3 Å². The summed E-state index contributed by atoms with van der Waals surface area (Å²) in [5.41, 5.74) is 0.812. The van der Waals surface area contributed by atoms with Crippen molar-refractivity contribution < 1.29 is 4.79 Å². The van der Waals surface area contributed by atoms with E-state index in [1.54, 1.807) is 0 Å². The molecule has 3 heteroatoms.